The summed E-state index contributed by atoms with van der Waals surface area (Å²) in [4.78, 5) is 0. The molecule has 0 spiro atoms. The standard InChI is InChI=1S/C13H28N2O2S/c1-2-9-14-10-5-8-13-18(16,17)15-11-6-3-4-7-12-15/h14H,2-13H2,1H3. The zero-order valence-electron chi connectivity index (χ0n) is 11.7. The van der Waals surface area contributed by atoms with E-state index in [9.17, 15) is 8.42 Å². The highest BCUT2D eigenvalue weighted by Crippen LogP contribution is 2.14. The predicted octanol–water partition coefficient (Wildman–Crippen LogP) is 1.97. The molecular weight excluding hydrogens is 248 g/mol. The molecule has 4 nitrogen and oxygen atoms in total. The molecule has 5 heteroatoms. The number of unbranched alkanes of at least 4 members (excludes halogenated alkanes) is 1. The molecule has 0 atom stereocenters. The van der Waals surface area contributed by atoms with Gasteiger partial charge in [-0.15, -0.1) is 0 Å². The fourth-order valence-electron chi connectivity index (χ4n) is 2.29. The predicted molar refractivity (Wildman–Crippen MR) is 76.2 cm³/mol. The van der Waals surface area contributed by atoms with Crippen LogP contribution in [0, 0.1) is 0 Å². The molecule has 1 N–H and O–H groups in total. The van der Waals surface area contributed by atoms with Crippen molar-refractivity contribution in [1.82, 2.24) is 9.62 Å². The topological polar surface area (TPSA) is 49.4 Å². The monoisotopic (exact) mass is 276 g/mol. The normalized spacial score (nSPS) is 18.7. The molecule has 0 amide bonds. The Balaban J connectivity index is 2.21. The molecule has 0 radical (unpaired) electrons. The fourth-order valence-corrected chi connectivity index (χ4v) is 3.93. The van der Waals surface area contributed by atoms with Crippen molar-refractivity contribution in [3.63, 3.8) is 0 Å². The minimum absolute atomic E-state index is 0.320. The van der Waals surface area contributed by atoms with E-state index in [1.54, 1.807) is 4.31 Å². The van der Waals surface area contributed by atoms with Gasteiger partial charge in [-0.3, -0.25) is 0 Å². The number of hydrogen-bond acceptors (Lipinski definition) is 3. The van der Waals surface area contributed by atoms with E-state index in [0.717, 1.165) is 58.3 Å². The minimum Gasteiger partial charge on any atom is -0.317 e. The molecule has 1 aliphatic heterocycles. The van der Waals surface area contributed by atoms with Crippen molar-refractivity contribution < 1.29 is 8.42 Å². The van der Waals surface area contributed by atoms with E-state index in [1.807, 2.05) is 0 Å². The molecule has 1 fully saturated rings. The van der Waals surface area contributed by atoms with Gasteiger partial charge in [0.1, 0.15) is 0 Å². The lowest BCUT2D eigenvalue weighted by molar-refractivity contribution is 0.422. The molecule has 0 aromatic rings. The zero-order valence-corrected chi connectivity index (χ0v) is 12.5. The lowest BCUT2D eigenvalue weighted by Gasteiger charge is -2.19. The number of sulfonamides is 1. The summed E-state index contributed by atoms with van der Waals surface area (Å²) in [5.74, 6) is 0.320. The van der Waals surface area contributed by atoms with Gasteiger partial charge >= 0.3 is 0 Å². The fraction of sp³-hybridized carbons (Fsp3) is 1.00. The first-order valence-electron chi connectivity index (χ1n) is 7.35. The van der Waals surface area contributed by atoms with Crippen LogP contribution in [0.15, 0.2) is 0 Å². The van der Waals surface area contributed by atoms with Crippen LogP contribution in [-0.2, 0) is 10.0 Å². The van der Waals surface area contributed by atoms with Crippen LogP contribution >= 0.6 is 0 Å². The van der Waals surface area contributed by atoms with Crippen LogP contribution in [0.4, 0.5) is 0 Å². The van der Waals surface area contributed by atoms with E-state index in [-0.39, 0.29) is 0 Å². The van der Waals surface area contributed by atoms with Gasteiger partial charge in [0.25, 0.3) is 0 Å². The Labute approximate surface area is 112 Å². The first kappa shape index (κ1) is 15.9. The first-order valence-corrected chi connectivity index (χ1v) is 8.96. The molecule has 1 aliphatic rings. The second kappa shape index (κ2) is 8.88. The molecule has 0 unspecified atom stereocenters. The Hall–Kier alpha value is -0.130. The number of hydrogen-bond donors (Lipinski definition) is 1. The van der Waals surface area contributed by atoms with Crippen molar-refractivity contribution in [2.75, 3.05) is 31.9 Å². The molecule has 1 rings (SSSR count). The van der Waals surface area contributed by atoms with E-state index >= 15 is 0 Å². The van der Waals surface area contributed by atoms with Crippen LogP contribution in [-0.4, -0.2) is 44.7 Å². The minimum atomic E-state index is -2.99. The van der Waals surface area contributed by atoms with E-state index in [4.69, 9.17) is 0 Å². The SMILES string of the molecule is CCCNCCCCS(=O)(=O)N1CCCCCC1. The van der Waals surface area contributed by atoms with Crippen molar-refractivity contribution in [1.29, 1.82) is 0 Å². The highest BCUT2D eigenvalue weighted by Gasteiger charge is 2.22. The van der Waals surface area contributed by atoms with Crippen molar-refractivity contribution in [2.45, 2.75) is 51.9 Å². The second-order valence-corrected chi connectivity index (χ2v) is 7.17. The molecular formula is C13H28N2O2S. The molecule has 18 heavy (non-hydrogen) atoms. The number of nitrogens with zero attached hydrogens (tertiary/aromatic N) is 1. The second-order valence-electron chi connectivity index (χ2n) is 5.09. The smallest absolute Gasteiger partial charge is 0.214 e. The van der Waals surface area contributed by atoms with Gasteiger partial charge in [0.05, 0.1) is 5.75 Å². The lowest BCUT2D eigenvalue weighted by atomic mass is 10.2. The molecule has 108 valence electrons. The molecule has 1 heterocycles. The summed E-state index contributed by atoms with van der Waals surface area (Å²) in [5, 5.41) is 3.30. The quantitative estimate of drug-likeness (QED) is 0.690. The highest BCUT2D eigenvalue weighted by molar-refractivity contribution is 7.89. The van der Waals surface area contributed by atoms with E-state index < -0.39 is 10.0 Å². The van der Waals surface area contributed by atoms with Gasteiger partial charge in [0.2, 0.25) is 10.0 Å². The first-order chi connectivity index (χ1) is 8.67. The summed E-state index contributed by atoms with van der Waals surface area (Å²) in [5.41, 5.74) is 0. The van der Waals surface area contributed by atoms with Crippen LogP contribution in [0.2, 0.25) is 0 Å². The van der Waals surface area contributed by atoms with Gasteiger partial charge in [0, 0.05) is 13.1 Å². The van der Waals surface area contributed by atoms with E-state index in [0.29, 0.717) is 5.75 Å². The molecule has 0 aromatic carbocycles. The maximum atomic E-state index is 12.1. The van der Waals surface area contributed by atoms with Crippen molar-refractivity contribution >= 4 is 10.0 Å². The Morgan fingerprint density at radius 2 is 1.67 bits per heavy atom. The van der Waals surface area contributed by atoms with Crippen LogP contribution < -0.4 is 5.32 Å². The maximum Gasteiger partial charge on any atom is 0.214 e. The van der Waals surface area contributed by atoms with Gasteiger partial charge < -0.3 is 5.32 Å². The number of nitrogens with one attached hydrogen (secondary N) is 1. The lowest BCUT2D eigenvalue weighted by Crippen LogP contribution is -2.34. The zero-order chi connectivity index (χ0) is 13.3. The van der Waals surface area contributed by atoms with Gasteiger partial charge in [-0.25, -0.2) is 12.7 Å². The third-order valence-corrected chi connectivity index (χ3v) is 5.35. The van der Waals surface area contributed by atoms with Crippen molar-refractivity contribution in [3.05, 3.63) is 0 Å². The molecule has 0 aromatic heterocycles. The average Bonchev–Trinajstić information content (AvgIpc) is 2.63. The Morgan fingerprint density at radius 3 is 2.28 bits per heavy atom. The molecule has 1 saturated heterocycles. The summed E-state index contributed by atoms with van der Waals surface area (Å²) in [6.45, 7) is 5.56. The van der Waals surface area contributed by atoms with Crippen LogP contribution in [0.25, 0.3) is 0 Å². The van der Waals surface area contributed by atoms with Gasteiger partial charge in [-0.2, -0.15) is 0 Å². The Bertz CT molecular complexity index is 296. The largest absolute Gasteiger partial charge is 0.317 e. The Morgan fingerprint density at radius 1 is 1.00 bits per heavy atom. The van der Waals surface area contributed by atoms with E-state index in [2.05, 4.69) is 12.2 Å². The summed E-state index contributed by atoms with van der Waals surface area (Å²) in [6.07, 6.45) is 7.25. The van der Waals surface area contributed by atoms with E-state index in [1.165, 1.54) is 12.8 Å². The maximum absolute atomic E-state index is 12.1. The third kappa shape index (κ3) is 6.16. The number of rotatable bonds is 8. The van der Waals surface area contributed by atoms with Gasteiger partial charge in [-0.05, 0) is 45.2 Å². The molecule has 0 bridgehead atoms. The van der Waals surface area contributed by atoms with Crippen molar-refractivity contribution in [2.24, 2.45) is 0 Å². The molecule has 0 aliphatic carbocycles. The third-order valence-electron chi connectivity index (χ3n) is 3.39. The summed E-state index contributed by atoms with van der Waals surface area (Å²) in [6, 6.07) is 0. The summed E-state index contributed by atoms with van der Waals surface area (Å²) >= 11 is 0. The Kier molecular flexibility index (Phi) is 7.86. The molecule has 0 saturated carbocycles. The van der Waals surface area contributed by atoms with Gasteiger partial charge in [0.15, 0.2) is 0 Å². The van der Waals surface area contributed by atoms with Crippen LogP contribution in [0.1, 0.15) is 51.9 Å². The van der Waals surface area contributed by atoms with Crippen LogP contribution in [0.3, 0.4) is 0 Å². The van der Waals surface area contributed by atoms with Gasteiger partial charge in [-0.1, -0.05) is 19.8 Å². The van der Waals surface area contributed by atoms with Crippen molar-refractivity contribution in [3.8, 4) is 0 Å². The summed E-state index contributed by atoms with van der Waals surface area (Å²) in [7, 11) is -2.99. The average molecular weight is 276 g/mol. The highest BCUT2D eigenvalue weighted by atomic mass is 32.2. The summed E-state index contributed by atoms with van der Waals surface area (Å²) < 4.78 is 26.0. The van der Waals surface area contributed by atoms with Crippen LogP contribution in [0.5, 0.6) is 0 Å².